The number of nitrogens with one attached hydrogen (secondary N) is 1. The van der Waals surface area contributed by atoms with Crippen LogP contribution in [-0.2, 0) is 6.42 Å². The highest BCUT2D eigenvalue weighted by molar-refractivity contribution is 6.31. The van der Waals surface area contributed by atoms with Crippen LogP contribution in [0.3, 0.4) is 0 Å². The van der Waals surface area contributed by atoms with Gasteiger partial charge in [0.05, 0.1) is 4.92 Å². The summed E-state index contributed by atoms with van der Waals surface area (Å²) in [5, 5.41) is 13.5. The molecular formula is C12H10ClFN4O2. The summed E-state index contributed by atoms with van der Waals surface area (Å²) < 4.78 is 13.0. The van der Waals surface area contributed by atoms with Crippen LogP contribution in [-0.4, -0.2) is 21.4 Å². The largest absolute Gasteiger partial charge is 0.364 e. The Hall–Kier alpha value is -2.28. The number of hydrogen-bond donors (Lipinski definition) is 1. The number of hydrogen-bond acceptors (Lipinski definition) is 5. The van der Waals surface area contributed by atoms with Crippen molar-refractivity contribution in [3.05, 3.63) is 57.2 Å². The molecule has 0 spiro atoms. The van der Waals surface area contributed by atoms with Crippen molar-refractivity contribution in [3.8, 4) is 0 Å². The summed E-state index contributed by atoms with van der Waals surface area (Å²) in [6.45, 7) is 0.359. The van der Waals surface area contributed by atoms with E-state index < -0.39 is 4.92 Å². The van der Waals surface area contributed by atoms with E-state index in [1.54, 1.807) is 12.1 Å². The topological polar surface area (TPSA) is 81.0 Å². The molecule has 1 aromatic carbocycles. The molecule has 2 aromatic rings. The van der Waals surface area contributed by atoms with Crippen LogP contribution in [0.5, 0.6) is 0 Å². The predicted octanol–water partition coefficient (Wildman–Crippen LogP) is 2.83. The Morgan fingerprint density at radius 3 is 2.90 bits per heavy atom. The van der Waals surface area contributed by atoms with E-state index in [4.69, 9.17) is 11.6 Å². The molecule has 0 radical (unpaired) electrons. The first-order chi connectivity index (χ1) is 9.58. The molecule has 1 heterocycles. The average molecular weight is 297 g/mol. The molecule has 0 atom stereocenters. The zero-order chi connectivity index (χ0) is 14.5. The van der Waals surface area contributed by atoms with Crippen LogP contribution in [0.15, 0.2) is 30.6 Å². The second kappa shape index (κ2) is 6.25. The number of benzene rings is 1. The molecule has 0 saturated carbocycles. The molecule has 0 unspecified atom stereocenters. The second-order valence-electron chi connectivity index (χ2n) is 3.93. The van der Waals surface area contributed by atoms with Crippen molar-refractivity contribution in [1.29, 1.82) is 0 Å². The van der Waals surface area contributed by atoms with Crippen LogP contribution in [0.2, 0.25) is 5.15 Å². The van der Waals surface area contributed by atoms with Crippen molar-refractivity contribution in [2.75, 3.05) is 11.9 Å². The SMILES string of the molecule is O=[N+]([O-])c1c(Cl)ncnc1NCCc1cccc(F)c1. The van der Waals surface area contributed by atoms with Gasteiger partial charge in [0.15, 0.2) is 0 Å². The van der Waals surface area contributed by atoms with Gasteiger partial charge in [-0.1, -0.05) is 23.7 Å². The summed E-state index contributed by atoms with van der Waals surface area (Å²) in [6, 6.07) is 6.13. The summed E-state index contributed by atoms with van der Waals surface area (Å²) >= 11 is 5.66. The molecule has 6 nitrogen and oxygen atoms in total. The van der Waals surface area contributed by atoms with Gasteiger partial charge < -0.3 is 5.32 Å². The normalized spacial score (nSPS) is 10.3. The molecule has 104 valence electrons. The van der Waals surface area contributed by atoms with Crippen molar-refractivity contribution in [2.24, 2.45) is 0 Å². The highest BCUT2D eigenvalue weighted by Gasteiger charge is 2.20. The maximum atomic E-state index is 13.0. The fourth-order valence-corrected chi connectivity index (χ4v) is 1.87. The van der Waals surface area contributed by atoms with E-state index in [0.717, 1.165) is 11.9 Å². The second-order valence-corrected chi connectivity index (χ2v) is 4.28. The summed E-state index contributed by atoms with van der Waals surface area (Å²) in [7, 11) is 0. The van der Waals surface area contributed by atoms with Crippen molar-refractivity contribution in [1.82, 2.24) is 9.97 Å². The molecule has 0 aliphatic carbocycles. The number of nitro groups is 1. The van der Waals surface area contributed by atoms with Crippen LogP contribution in [0.1, 0.15) is 5.56 Å². The van der Waals surface area contributed by atoms with Crippen molar-refractivity contribution >= 4 is 23.1 Å². The maximum absolute atomic E-state index is 13.0. The Kier molecular flexibility index (Phi) is 4.41. The minimum absolute atomic E-state index is 0.0476. The molecule has 0 aliphatic heterocycles. The Morgan fingerprint density at radius 1 is 1.40 bits per heavy atom. The van der Waals surface area contributed by atoms with E-state index in [1.165, 1.54) is 12.1 Å². The van der Waals surface area contributed by atoms with Gasteiger partial charge >= 0.3 is 5.69 Å². The van der Waals surface area contributed by atoms with Crippen molar-refractivity contribution in [2.45, 2.75) is 6.42 Å². The lowest BCUT2D eigenvalue weighted by Gasteiger charge is -2.06. The smallest absolute Gasteiger partial charge is 0.348 e. The molecule has 8 heteroatoms. The van der Waals surface area contributed by atoms with Crippen molar-refractivity contribution in [3.63, 3.8) is 0 Å². The first-order valence-electron chi connectivity index (χ1n) is 5.71. The number of rotatable bonds is 5. The fourth-order valence-electron chi connectivity index (χ4n) is 1.67. The lowest BCUT2D eigenvalue weighted by molar-refractivity contribution is -0.384. The van der Waals surface area contributed by atoms with Crippen LogP contribution >= 0.6 is 11.6 Å². The van der Waals surface area contributed by atoms with Gasteiger partial charge in [0.1, 0.15) is 12.1 Å². The van der Waals surface area contributed by atoms with Gasteiger partial charge in [-0.3, -0.25) is 10.1 Å². The third-order valence-corrected chi connectivity index (χ3v) is 2.83. The zero-order valence-corrected chi connectivity index (χ0v) is 11.0. The quantitative estimate of drug-likeness (QED) is 0.521. The third kappa shape index (κ3) is 3.39. The Bertz CT molecular complexity index is 639. The van der Waals surface area contributed by atoms with E-state index in [1.807, 2.05) is 0 Å². The van der Waals surface area contributed by atoms with Gasteiger partial charge in [-0.15, -0.1) is 0 Å². The molecule has 1 N–H and O–H groups in total. The zero-order valence-electron chi connectivity index (χ0n) is 10.2. The molecule has 0 fully saturated rings. The number of aromatic nitrogens is 2. The third-order valence-electron chi connectivity index (χ3n) is 2.56. The van der Waals surface area contributed by atoms with Crippen LogP contribution in [0.25, 0.3) is 0 Å². The van der Waals surface area contributed by atoms with Gasteiger partial charge in [0.2, 0.25) is 11.0 Å². The number of nitrogens with zero attached hydrogens (tertiary/aromatic N) is 3. The number of halogens is 2. The highest BCUT2D eigenvalue weighted by atomic mass is 35.5. The van der Waals surface area contributed by atoms with Gasteiger partial charge in [-0.25, -0.2) is 14.4 Å². The first kappa shape index (κ1) is 14.1. The minimum atomic E-state index is -0.646. The average Bonchev–Trinajstić information content (AvgIpc) is 2.38. The Balaban J connectivity index is 2.05. The monoisotopic (exact) mass is 296 g/mol. The summed E-state index contributed by atoms with van der Waals surface area (Å²) in [4.78, 5) is 17.6. The van der Waals surface area contributed by atoms with E-state index in [0.29, 0.717) is 13.0 Å². The lowest BCUT2D eigenvalue weighted by atomic mass is 10.1. The molecule has 0 saturated heterocycles. The maximum Gasteiger partial charge on any atom is 0.348 e. The Labute approximate surface area is 118 Å². The molecule has 20 heavy (non-hydrogen) atoms. The van der Waals surface area contributed by atoms with Gasteiger partial charge in [0.25, 0.3) is 0 Å². The van der Waals surface area contributed by atoms with E-state index in [-0.39, 0.29) is 22.5 Å². The minimum Gasteiger partial charge on any atom is -0.364 e. The molecule has 1 aromatic heterocycles. The molecule has 0 amide bonds. The molecule has 2 rings (SSSR count). The number of anilines is 1. The van der Waals surface area contributed by atoms with Crippen LogP contribution in [0, 0.1) is 15.9 Å². The van der Waals surface area contributed by atoms with Gasteiger partial charge in [0, 0.05) is 6.54 Å². The van der Waals surface area contributed by atoms with E-state index in [9.17, 15) is 14.5 Å². The molecular weight excluding hydrogens is 287 g/mol. The van der Waals surface area contributed by atoms with Gasteiger partial charge in [-0.2, -0.15) is 0 Å². The summed E-state index contributed by atoms with van der Waals surface area (Å²) in [5.41, 5.74) is 0.411. The summed E-state index contributed by atoms with van der Waals surface area (Å²) in [5.74, 6) is -0.273. The highest BCUT2D eigenvalue weighted by Crippen LogP contribution is 2.28. The summed E-state index contributed by atoms with van der Waals surface area (Å²) in [6.07, 6.45) is 1.64. The Morgan fingerprint density at radius 2 is 2.20 bits per heavy atom. The standard InChI is InChI=1S/C12H10ClFN4O2/c13-11-10(18(19)20)12(17-7-16-11)15-5-4-8-2-1-3-9(14)6-8/h1-3,6-7H,4-5H2,(H,15,16,17). The van der Waals surface area contributed by atoms with Crippen LogP contribution in [0.4, 0.5) is 15.9 Å². The predicted molar refractivity (Wildman–Crippen MR) is 72.3 cm³/mol. The van der Waals surface area contributed by atoms with Crippen LogP contribution < -0.4 is 5.32 Å². The van der Waals surface area contributed by atoms with E-state index >= 15 is 0 Å². The lowest BCUT2D eigenvalue weighted by Crippen LogP contribution is -2.09. The van der Waals surface area contributed by atoms with Crippen molar-refractivity contribution < 1.29 is 9.31 Å². The van der Waals surface area contributed by atoms with E-state index in [2.05, 4.69) is 15.3 Å². The molecule has 0 aliphatic rings. The fraction of sp³-hybridized carbons (Fsp3) is 0.167. The van der Waals surface area contributed by atoms with Gasteiger partial charge in [-0.05, 0) is 24.1 Å². The molecule has 0 bridgehead atoms. The first-order valence-corrected chi connectivity index (χ1v) is 6.09.